The Morgan fingerprint density at radius 3 is 2.72 bits per heavy atom. The monoisotopic (exact) mass is 433 g/mol. The second-order valence-electron chi connectivity index (χ2n) is 8.03. The van der Waals surface area contributed by atoms with Crippen LogP contribution in [-0.2, 0) is 11.2 Å². The lowest BCUT2D eigenvalue weighted by Crippen LogP contribution is -2.37. The van der Waals surface area contributed by atoms with Crippen LogP contribution in [-0.4, -0.2) is 60.2 Å². The maximum absolute atomic E-state index is 12.3. The SMILES string of the molecule is CC(C)[C@H]1COC(=O)N1c1ccn2ncc(-c3ccc(-c4n[nH]c(CCO)n4)cc3)c2n1. The molecule has 0 saturated carbocycles. The molecule has 5 rings (SSSR count). The average molecular weight is 433 g/mol. The van der Waals surface area contributed by atoms with Crippen molar-refractivity contribution in [2.24, 2.45) is 5.92 Å². The first kappa shape index (κ1) is 20.1. The number of aromatic nitrogens is 6. The number of fused-ring (bicyclic) bond motifs is 1. The van der Waals surface area contributed by atoms with E-state index in [1.54, 1.807) is 27.9 Å². The number of carbonyl (C=O) groups excluding carboxylic acids is 1. The molecular weight excluding hydrogens is 410 g/mol. The summed E-state index contributed by atoms with van der Waals surface area (Å²) >= 11 is 0. The smallest absolute Gasteiger partial charge is 0.415 e. The van der Waals surface area contributed by atoms with Crippen LogP contribution in [0.25, 0.3) is 28.2 Å². The maximum Gasteiger partial charge on any atom is 0.415 e. The number of nitrogens with zero attached hydrogens (tertiary/aromatic N) is 6. The minimum atomic E-state index is -0.377. The molecule has 4 heterocycles. The molecule has 0 radical (unpaired) electrons. The van der Waals surface area contributed by atoms with Gasteiger partial charge in [0.2, 0.25) is 0 Å². The Morgan fingerprint density at radius 1 is 1.19 bits per heavy atom. The molecule has 164 valence electrons. The van der Waals surface area contributed by atoms with E-state index in [0.29, 0.717) is 36.1 Å². The van der Waals surface area contributed by atoms with Crippen LogP contribution < -0.4 is 4.90 Å². The number of aliphatic hydroxyl groups excluding tert-OH is 1. The Kier molecular flexibility index (Phi) is 5.06. The molecule has 1 aliphatic heterocycles. The van der Waals surface area contributed by atoms with E-state index in [-0.39, 0.29) is 24.7 Å². The van der Waals surface area contributed by atoms with Crippen molar-refractivity contribution in [1.29, 1.82) is 0 Å². The number of rotatable bonds is 6. The molecule has 1 saturated heterocycles. The van der Waals surface area contributed by atoms with Crippen molar-refractivity contribution >= 4 is 17.6 Å². The number of hydrogen-bond acceptors (Lipinski definition) is 7. The summed E-state index contributed by atoms with van der Waals surface area (Å²) in [5.41, 5.74) is 3.30. The van der Waals surface area contributed by atoms with Crippen molar-refractivity contribution < 1.29 is 14.6 Å². The van der Waals surface area contributed by atoms with Gasteiger partial charge >= 0.3 is 6.09 Å². The summed E-state index contributed by atoms with van der Waals surface area (Å²) < 4.78 is 6.96. The first-order valence-corrected chi connectivity index (χ1v) is 10.5. The molecule has 1 atom stereocenters. The highest BCUT2D eigenvalue weighted by atomic mass is 16.6. The number of hydrogen-bond donors (Lipinski definition) is 2. The molecule has 1 aromatic carbocycles. The third-order valence-corrected chi connectivity index (χ3v) is 5.61. The van der Waals surface area contributed by atoms with Crippen LogP contribution in [0.2, 0.25) is 0 Å². The quantitative estimate of drug-likeness (QED) is 0.479. The molecule has 3 aromatic heterocycles. The number of ether oxygens (including phenoxy) is 1. The van der Waals surface area contributed by atoms with Gasteiger partial charge in [-0.1, -0.05) is 38.1 Å². The van der Waals surface area contributed by atoms with Crippen LogP contribution >= 0.6 is 0 Å². The van der Waals surface area contributed by atoms with Gasteiger partial charge in [0.1, 0.15) is 18.2 Å². The fourth-order valence-electron chi connectivity index (χ4n) is 3.83. The molecule has 0 aliphatic carbocycles. The topological polar surface area (TPSA) is 122 Å². The lowest BCUT2D eigenvalue weighted by molar-refractivity contribution is 0.177. The van der Waals surface area contributed by atoms with Gasteiger partial charge in [0, 0.05) is 23.7 Å². The van der Waals surface area contributed by atoms with Gasteiger partial charge in [-0.05, 0) is 17.5 Å². The number of H-pyrrole nitrogens is 1. The molecule has 0 spiro atoms. The van der Waals surface area contributed by atoms with Crippen LogP contribution in [0.3, 0.4) is 0 Å². The van der Waals surface area contributed by atoms with Crippen LogP contribution in [0.15, 0.2) is 42.7 Å². The summed E-state index contributed by atoms with van der Waals surface area (Å²) in [6.07, 6.45) is 3.62. The van der Waals surface area contributed by atoms with E-state index in [4.69, 9.17) is 14.8 Å². The highest BCUT2D eigenvalue weighted by molar-refractivity contribution is 5.90. The highest BCUT2D eigenvalue weighted by Gasteiger charge is 2.37. The summed E-state index contributed by atoms with van der Waals surface area (Å²) in [5, 5.41) is 20.5. The number of benzene rings is 1. The Bertz CT molecular complexity index is 1260. The van der Waals surface area contributed by atoms with E-state index in [1.807, 2.05) is 24.3 Å². The van der Waals surface area contributed by atoms with E-state index in [2.05, 4.69) is 34.1 Å². The fraction of sp³-hybridized carbons (Fsp3) is 0.318. The van der Waals surface area contributed by atoms with Gasteiger partial charge in [-0.25, -0.2) is 19.3 Å². The minimum absolute atomic E-state index is 0.0182. The summed E-state index contributed by atoms with van der Waals surface area (Å²) in [4.78, 5) is 23.1. The molecule has 1 fully saturated rings. The predicted octanol–water partition coefficient (Wildman–Crippen LogP) is 2.70. The van der Waals surface area contributed by atoms with E-state index in [9.17, 15) is 4.79 Å². The van der Waals surface area contributed by atoms with Crippen LogP contribution in [0.4, 0.5) is 10.6 Å². The zero-order valence-corrected chi connectivity index (χ0v) is 17.8. The van der Waals surface area contributed by atoms with Crippen LogP contribution in [0.5, 0.6) is 0 Å². The van der Waals surface area contributed by atoms with E-state index >= 15 is 0 Å². The summed E-state index contributed by atoms with van der Waals surface area (Å²) in [5.74, 6) is 2.01. The van der Waals surface area contributed by atoms with Crippen molar-refractivity contribution in [1.82, 2.24) is 29.8 Å². The van der Waals surface area contributed by atoms with E-state index in [0.717, 1.165) is 16.7 Å². The average Bonchev–Trinajstić information content (AvgIpc) is 3.52. The minimum Gasteiger partial charge on any atom is -0.447 e. The normalized spacial score (nSPS) is 16.3. The molecule has 0 bridgehead atoms. The number of cyclic esters (lactones) is 1. The largest absolute Gasteiger partial charge is 0.447 e. The number of carbonyl (C=O) groups is 1. The van der Waals surface area contributed by atoms with Crippen molar-refractivity contribution in [3.05, 3.63) is 48.5 Å². The van der Waals surface area contributed by atoms with Gasteiger partial charge in [0.15, 0.2) is 11.5 Å². The first-order valence-electron chi connectivity index (χ1n) is 10.5. The lowest BCUT2D eigenvalue weighted by atomic mass is 10.0. The van der Waals surface area contributed by atoms with Gasteiger partial charge in [-0.15, -0.1) is 0 Å². The molecule has 0 unspecified atom stereocenters. The van der Waals surface area contributed by atoms with Gasteiger partial charge in [0.05, 0.1) is 18.8 Å². The number of aromatic amines is 1. The molecule has 2 N–H and O–H groups in total. The maximum atomic E-state index is 12.3. The molecule has 10 heteroatoms. The van der Waals surface area contributed by atoms with Gasteiger partial charge < -0.3 is 9.84 Å². The fourth-order valence-corrected chi connectivity index (χ4v) is 3.83. The number of aliphatic hydroxyl groups is 1. The predicted molar refractivity (Wildman–Crippen MR) is 117 cm³/mol. The molecule has 32 heavy (non-hydrogen) atoms. The van der Waals surface area contributed by atoms with Gasteiger partial charge in [-0.2, -0.15) is 10.2 Å². The third kappa shape index (κ3) is 3.48. The second kappa shape index (κ2) is 8.04. The van der Waals surface area contributed by atoms with Crippen molar-refractivity contribution in [2.75, 3.05) is 18.1 Å². The Hall–Kier alpha value is -3.79. The zero-order valence-electron chi connectivity index (χ0n) is 17.8. The number of nitrogens with one attached hydrogen (secondary N) is 1. The standard InChI is InChI=1S/C22H23N7O3/c1-13(2)17-12-32-22(31)29(17)19-7-9-28-21(25-19)16(11-23-28)14-3-5-15(6-4-14)20-24-18(8-10-30)26-27-20/h3-7,9,11,13,17,30H,8,10,12H2,1-2H3,(H,24,26,27)/t17-/m1/s1. The molecule has 1 amide bonds. The first-order chi connectivity index (χ1) is 15.5. The second-order valence-corrected chi connectivity index (χ2v) is 8.03. The van der Waals surface area contributed by atoms with Gasteiger partial charge in [-0.3, -0.25) is 10.00 Å². The summed E-state index contributed by atoms with van der Waals surface area (Å²) in [6, 6.07) is 9.51. The van der Waals surface area contributed by atoms with Gasteiger partial charge in [0.25, 0.3) is 0 Å². The van der Waals surface area contributed by atoms with E-state index in [1.165, 1.54) is 0 Å². The Balaban J connectivity index is 1.48. The molecule has 1 aliphatic rings. The van der Waals surface area contributed by atoms with Crippen molar-refractivity contribution in [3.8, 4) is 22.5 Å². The summed E-state index contributed by atoms with van der Waals surface area (Å²) in [6.45, 7) is 4.50. The highest BCUT2D eigenvalue weighted by Crippen LogP contribution is 2.30. The Labute approximate surface area is 183 Å². The number of anilines is 1. The van der Waals surface area contributed by atoms with Crippen molar-refractivity contribution in [2.45, 2.75) is 26.3 Å². The summed E-state index contributed by atoms with van der Waals surface area (Å²) in [7, 11) is 0. The van der Waals surface area contributed by atoms with E-state index < -0.39 is 0 Å². The van der Waals surface area contributed by atoms with Crippen LogP contribution in [0.1, 0.15) is 19.7 Å². The third-order valence-electron chi connectivity index (χ3n) is 5.61. The molecular formula is C22H23N7O3. The molecule has 10 nitrogen and oxygen atoms in total. The Morgan fingerprint density at radius 2 is 1.97 bits per heavy atom. The molecule has 4 aromatic rings. The zero-order chi connectivity index (χ0) is 22.2. The van der Waals surface area contributed by atoms with Crippen LogP contribution in [0, 0.1) is 5.92 Å². The lowest BCUT2D eigenvalue weighted by Gasteiger charge is -2.23. The number of amides is 1. The van der Waals surface area contributed by atoms with Crippen molar-refractivity contribution in [3.63, 3.8) is 0 Å².